The Morgan fingerprint density at radius 2 is 1.57 bits per heavy atom. The van der Waals surface area contributed by atoms with Gasteiger partial charge in [0.1, 0.15) is 0 Å². The summed E-state index contributed by atoms with van der Waals surface area (Å²) >= 11 is 1.46. The molecule has 3 rings (SSSR count). The summed E-state index contributed by atoms with van der Waals surface area (Å²) in [6.45, 7) is 0. The van der Waals surface area contributed by atoms with Crippen LogP contribution in [0, 0.1) is 10.1 Å². The number of hydrogen-bond acceptors (Lipinski definition) is 5. The van der Waals surface area contributed by atoms with Crippen molar-refractivity contribution < 1.29 is 9.72 Å². The van der Waals surface area contributed by atoms with Crippen LogP contribution < -0.4 is 4.90 Å². The van der Waals surface area contributed by atoms with Crippen LogP contribution in [-0.2, 0) is 0 Å². The number of non-ortho nitro benzene ring substituents is 1. The SMILES string of the molecule is CSC(=Nc1ccccc1)N(/C=C/C(=O)c1ccc([N+](=O)[O-])cc1)c1ccccc1. The van der Waals surface area contributed by atoms with Crippen LogP contribution >= 0.6 is 11.8 Å². The maximum atomic E-state index is 12.6. The number of thioether (sulfide) groups is 1. The van der Waals surface area contributed by atoms with Crippen molar-refractivity contribution in [2.45, 2.75) is 0 Å². The van der Waals surface area contributed by atoms with E-state index in [0.29, 0.717) is 10.7 Å². The quantitative estimate of drug-likeness (QED) is 0.126. The summed E-state index contributed by atoms with van der Waals surface area (Å²) in [5, 5.41) is 11.5. The number of hydrogen-bond donors (Lipinski definition) is 0. The van der Waals surface area contributed by atoms with E-state index >= 15 is 0 Å². The van der Waals surface area contributed by atoms with E-state index in [0.717, 1.165) is 11.4 Å². The fourth-order valence-corrected chi connectivity index (χ4v) is 3.21. The van der Waals surface area contributed by atoms with Crippen molar-refractivity contribution in [3.8, 4) is 0 Å². The van der Waals surface area contributed by atoms with Crippen LogP contribution in [0.4, 0.5) is 17.1 Å². The fraction of sp³-hybridized carbons (Fsp3) is 0.0435. The first-order chi connectivity index (χ1) is 14.6. The first-order valence-corrected chi connectivity index (χ1v) is 10.3. The zero-order valence-corrected chi connectivity index (χ0v) is 17.0. The van der Waals surface area contributed by atoms with Crippen molar-refractivity contribution in [1.29, 1.82) is 0 Å². The molecule has 30 heavy (non-hydrogen) atoms. The van der Waals surface area contributed by atoms with E-state index in [-0.39, 0.29) is 11.5 Å². The molecule has 0 N–H and O–H groups in total. The Bertz CT molecular complexity index is 1070. The molecule has 0 aromatic heterocycles. The predicted molar refractivity (Wildman–Crippen MR) is 123 cm³/mol. The van der Waals surface area contributed by atoms with Gasteiger partial charge >= 0.3 is 0 Å². The molecule has 150 valence electrons. The van der Waals surface area contributed by atoms with E-state index in [4.69, 9.17) is 4.99 Å². The summed E-state index contributed by atoms with van der Waals surface area (Å²) in [5.74, 6) is -0.258. The molecule has 6 nitrogen and oxygen atoms in total. The highest BCUT2D eigenvalue weighted by Gasteiger charge is 2.12. The average Bonchev–Trinajstić information content (AvgIpc) is 2.79. The summed E-state index contributed by atoms with van der Waals surface area (Å²) in [6, 6.07) is 24.7. The number of benzene rings is 3. The Labute approximate surface area is 178 Å². The number of rotatable bonds is 6. The first-order valence-electron chi connectivity index (χ1n) is 9.07. The lowest BCUT2D eigenvalue weighted by atomic mass is 10.1. The molecule has 0 amide bonds. The molecular weight excluding hydrogens is 398 g/mol. The smallest absolute Gasteiger partial charge is 0.269 e. The highest BCUT2D eigenvalue weighted by atomic mass is 32.2. The third kappa shape index (κ3) is 5.42. The zero-order valence-electron chi connectivity index (χ0n) is 16.2. The molecular formula is C23H19N3O3S. The number of ketones is 1. The number of carbonyl (C=O) groups is 1. The normalized spacial score (nSPS) is 11.4. The van der Waals surface area contributed by atoms with Crippen LogP contribution in [-0.4, -0.2) is 22.1 Å². The summed E-state index contributed by atoms with van der Waals surface area (Å²) < 4.78 is 0. The van der Waals surface area contributed by atoms with E-state index in [1.165, 1.54) is 42.1 Å². The molecule has 7 heteroatoms. The van der Waals surface area contributed by atoms with Crippen molar-refractivity contribution in [2.75, 3.05) is 11.2 Å². The summed E-state index contributed by atoms with van der Waals surface area (Å²) in [4.78, 5) is 29.4. The fourth-order valence-electron chi connectivity index (χ4n) is 2.65. The predicted octanol–water partition coefficient (Wildman–Crippen LogP) is 5.85. The topological polar surface area (TPSA) is 75.8 Å². The molecule has 0 heterocycles. The zero-order chi connectivity index (χ0) is 21.3. The monoisotopic (exact) mass is 417 g/mol. The van der Waals surface area contributed by atoms with Crippen LogP contribution in [0.2, 0.25) is 0 Å². The Kier molecular flexibility index (Phi) is 7.13. The molecule has 0 radical (unpaired) electrons. The number of nitro groups is 1. The number of anilines is 1. The van der Waals surface area contributed by atoms with Gasteiger partial charge in [-0.05, 0) is 42.7 Å². The Morgan fingerprint density at radius 1 is 0.967 bits per heavy atom. The molecule has 0 aliphatic heterocycles. The second-order valence-electron chi connectivity index (χ2n) is 6.12. The van der Waals surface area contributed by atoms with Gasteiger partial charge in [0.2, 0.25) is 0 Å². The molecule has 0 spiro atoms. The van der Waals surface area contributed by atoms with Gasteiger partial charge in [-0.15, -0.1) is 0 Å². The lowest BCUT2D eigenvalue weighted by molar-refractivity contribution is -0.384. The van der Waals surface area contributed by atoms with Crippen molar-refractivity contribution in [2.24, 2.45) is 4.99 Å². The van der Waals surface area contributed by atoms with E-state index in [1.54, 1.807) is 6.20 Å². The van der Waals surface area contributed by atoms with Gasteiger partial charge < -0.3 is 0 Å². The molecule has 3 aromatic carbocycles. The van der Waals surface area contributed by atoms with Crippen molar-refractivity contribution in [3.63, 3.8) is 0 Å². The number of aliphatic imine (C=N–C) groups is 1. The molecule has 0 unspecified atom stereocenters. The molecule has 3 aromatic rings. The standard InChI is InChI=1S/C23H19N3O3S/c1-30-23(24-19-8-4-2-5-9-19)25(20-10-6-3-7-11-20)17-16-22(27)18-12-14-21(15-13-18)26(28)29/h2-17H,1H3/b17-16+,24-23?. The van der Waals surface area contributed by atoms with Crippen molar-refractivity contribution in [1.82, 2.24) is 0 Å². The van der Waals surface area contributed by atoms with Crippen LogP contribution in [0.5, 0.6) is 0 Å². The van der Waals surface area contributed by atoms with Gasteiger partial charge in [0, 0.05) is 35.7 Å². The number of amidine groups is 1. The maximum absolute atomic E-state index is 12.6. The molecule has 0 bridgehead atoms. The first kappa shape index (κ1) is 21.0. The number of carbonyl (C=O) groups excluding carboxylic acids is 1. The van der Waals surface area contributed by atoms with Crippen LogP contribution in [0.25, 0.3) is 0 Å². The van der Waals surface area contributed by atoms with Crippen LogP contribution in [0.15, 0.2) is 102 Å². The second-order valence-corrected chi connectivity index (χ2v) is 6.90. The Hall–Kier alpha value is -3.71. The van der Waals surface area contributed by atoms with Gasteiger partial charge in [0.25, 0.3) is 5.69 Å². The lowest BCUT2D eigenvalue weighted by Gasteiger charge is -2.21. The second kappa shape index (κ2) is 10.2. The van der Waals surface area contributed by atoms with Gasteiger partial charge in [-0.1, -0.05) is 48.2 Å². The van der Waals surface area contributed by atoms with E-state index in [1.807, 2.05) is 71.8 Å². The molecule has 0 fully saturated rings. The van der Waals surface area contributed by atoms with Crippen LogP contribution in [0.1, 0.15) is 10.4 Å². The van der Waals surface area contributed by atoms with Crippen molar-refractivity contribution >= 4 is 39.8 Å². The Balaban J connectivity index is 1.91. The minimum Gasteiger partial charge on any atom is -0.296 e. The molecule has 0 atom stereocenters. The maximum Gasteiger partial charge on any atom is 0.269 e. The largest absolute Gasteiger partial charge is 0.296 e. The van der Waals surface area contributed by atoms with Gasteiger partial charge in [-0.25, -0.2) is 4.99 Å². The highest BCUT2D eigenvalue weighted by molar-refractivity contribution is 8.13. The number of nitrogens with zero attached hydrogens (tertiary/aromatic N) is 3. The summed E-state index contributed by atoms with van der Waals surface area (Å²) in [7, 11) is 0. The van der Waals surface area contributed by atoms with Crippen molar-refractivity contribution in [3.05, 3.63) is 113 Å². The number of allylic oxidation sites excluding steroid dienone is 1. The van der Waals surface area contributed by atoms with Crippen LogP contribution in [0.3, 0.4) is 0 Å². The minimum absolute atomic E-state index is 0.0545. The Morgan fingerprint density at radius 3 is 2.13 bits per heavy atom. The summed E-state index contributed by atoms with van der Waals surface area (Å²) in [6.07, 6.45) is 5.02. The van der Waals surface area contributed by atoms with E-state index in [2.05, 4.69) is 0 Å². The van der Waals surface area contributed by atoms with E-state index in [9.17, 15) is 14.9 Å². The lowest BCUT2D eigenvalue weighted by Crippen LogP contribution is -2.22. The summed E-state index contributed by atoms with van der Waals surface area (Å²) in [5.41, 5.74) is 1.98. The molecule has 0 aliphatic carbocycles. The highest BCUT2D eigenvalue weighted by Crippen LogP contribution is 2.22. The molecule has 0 saturated carbocycles. The molecule has 0 aliphatic rings. The number of para-hydroxylation sites is 2. The molecule has 0 saturated heterocycles. The van der Waals surface area contributed by atoms with Gasteiger partial charge in [-0.2, -0.15) is 0 Å². The van der Waals surface area contributed by atoms with Gasteiger partial charge in [-0.3, -0.25) is 19.8 Å². The van der Waals surface area contributed by atoms with Gasteiger partial charge in [0.15, 0.2) is 11.0 Å². The third-order valence-corrected chi connectivity index (χ3v) is 4.79. The van der Waals surface area contributed by atoms with E-state index < -0.39 is 4.92 Å². The third-order valence-electron chi connectivity index (χ3n) is 4.14. The minimum atomic E-state index is -0.494. The van der Waals surface area contributed by atoms with Gasteiger partial charge in [0.05, 0.1) is 10.6 Å². The number of nitro benzene ring substituents is 1. The average molecular weight is 417 g/mol.